The Morgan fingerprint density at radius 1 is 1.32 bits per heavy atom. The Bertz CT molecular complexity index is 481. The third-order valence-corrected chi connectivity index (χ3v) is 2.76. The average Bonchev–Trinajstić information content (AvgIpc) is 2.22. The number of aryl methyl sites for hydroxylation is 2. The Balaban J connectivity index is 3.06. The van der Waals surface area contributed by atoms with Crippen LogP contribution in [0.2, 0.25) is 0 Å². The number of halogens is 3. The van der Waals surface area contributed by atoms with E-state index in [4.69, 9.17) is 9.84 Å². The number of alkyl halides is 3. The van der Waals surface area contributed by atoms with Crippen LogP contribution in [0, 0.1) is 20.8 Å². The molecule has 0 amide bonds. The number of aliphatic carboxylic acids is 1. The van der Waals surface area contributed by atoms with Gasteiger partial charge in [0.15, 0.2) is 0 Å². The zero-order valence-corrected chi connectivity index (χ0v) is 10.8. The van der Waals surface area contributed by atoms with Crippen LogP contribution >= 0.6 is 0 Å². The van der Waals surface area contributed by atoms with Gasteiger partial charge in [-0.05, 0) is 43.5 Å². The Morgan fingerprint density at radius 2 is 1.89 bits per heavy atom. The summed E-state index contributed by atoms with van der Waals surface area (Å²) in [5.74, 6) is -1.48. The predicted molar refractivity (Wildman–Crippen MR) is 63.4 cm³/mol. The second-order valence-electron chi connectivity index (χ2n) is 4.45. The van der Waals surface area contributed by atoms with Crippen molar-refractivity contribution in [3.05, 3.63) is 28.8 Å². The van der Waals surface area contributed by atoms with Gasteiger partial charge < -0.3 is 9.84 Å². The topological polar surface area (TPSA) is 46.5 Å². The van der Waals surface area contributed by atoms with E-state index < -0.39 is 24.7 Å². The Morgan fingerprint density at radius 3 is 2.37 bits per heavy atom. The van der Waals surface area contributed by atoms with E-state index >= 15 is 0 Å². The minimum Gasteiger partial charge on any atom is -0.481 e. The highest BCUT2D eigenvalue weighted by atomic mass is 19.4. The van der Waals surface area contributed by atoms with E-state index in [0.717, 1.165) is 11.1 Å². The summed E-state index contributed by atoms with van der Waals surface area (Å²) in [6.07, 6.45) is -8.18. The molecule has 0 heterocycles. The van der Waals surface area contributed by atoms with Gasteiger partial charge in [-0.15, -0.1) is 0 Å². The summed E-state index contributed by atoms with van der Waals surface area (Å²) in [5, 5.41) is 8.52. The maximum atomic E-state index is 12.7. The van der Waals surface area contributed by atoms with E-state index in [0.29, 0.717) is 5.56 Å². The van der Waals surface area contributed by atoms with E-state index in [1.165, 1.54) is 6.07 Å². The van der Waals surface area contributed by atoms with Gasteiger partial charge in [-0.2, -0.15) is 13.2 Å². The van der Waals surface area contributed by atoms with Crippen LogP contribution in [0.5, 0.6) is 5.75 Å². The number of rotatable bonds is 4. The molecule has 0 bridgehead atoms. The van der Waals surface area contributed by atoms with Gasteiger partial charge in [0.05, 0.1) is 6.42 Å². The van der Waals surface area contributed by atoms with Gasteiger partial charge in [0, 0.05) is 0 Å². The van der Waals surface area contributed by atoms with Crippen LogP contribution in [0.15, 0.2) is 12.1 Å². The Hall–Kier alpha value is -1.72. The summed E-state index contributed by atoms with van der Waals surface area (Å²) in [6, 6.07) is 3.30. The second-order valence-corrected chi connectivity index (χ2v) is 4.45. The molecule has 1 rings (SSSR count). The smallest absolute Gasteiger partial charge is 0.426 e. The standard InChI is InChI=1S/C13H15F3O3/c1-7-4-8(2)9(3)10(5-7)19-11(6-12(17)18)13(14,15)16/h4-5,11H,6H2,1-3H3,(H,17,18). The van der Waals surface area contributed by atoms with Crippen LogP contribution in [0.3, 0.4) is 0 Å². The van der Waals surface area contributed by atoms with Gasteiger partial charge in [0.2, 0.25) is 6.10 Å². The molecular formula is C13H15F3O3. The summed E-state index contributed by atoms with van der Waals surface area (Å²) in [5.41, 5.74) is 2.13. The number of carboxylic acids is 1. The molecular weight excluding hydrogens is 261 g/mol. The lowest BCUT2D eigenvalue weighted by atomic mass is 10.1. The molecule has 19 heavy (non-hydrogen) atoms. The minimum atomic E-state index is -4.72. The van der Waals surface area contributed by atoms with Crippen molar-refractivity contribution in [1.82, 2.24) is 0 Å². The van der Waals surface area contributed by atoms with E-state index in [-0.39, 0.29) is 5.75 Å². The average molecular weight is 276 g/mol. The molecule has 1 aromatic rings. The van der Waals surface area contributed by atoms with Crippen molar-refractivity contribution >= 4 is 5.97 Å². The van der Waals surface area contributed by atoms with Crippen LogP contribution in [0.25, 0.3) is 0 Å². The maximum absolute atomic E-state index is 12.7. The van der Waals surface area contributed by atoms with Gasteiger partial charge in [0.25, 0.3) is 0 Å². The Kier molecular flexibility index (Phi) is 4.44. The molecule has 1 unspecified atom stereocenters. The number of carboxylic acid groups (broad SMARTS) is 1. The molecule has 0 aliphatic rings. The normalized spacial score (nSPS) is 13.2. The molecule has 1 atom stereocenters. The monoisotopic (exact) mass is 276 g/mol. The third kappa shape index (κ3) is 4.15. The molecule has 1 N–H and O–H groups in total. The molecule has 1 aromatic carbocycles. The summed E-state index contributed by atoms with van der Waals surface area (Å²) in [7, 11) is 0. The lowest BCUT2D eigenvalue weighted by molar-refractivity contribution is -0.200. The highest BCUT2D eigenvalue weighted by Gasteiger charge is 2.43. The van der Waals surface area contributed by atoms with Crippen molar-refractivity contribution in [2.45, 2.75) is 39.5 Å². The fourth-order valence-corrected chi connectivity index (χ4v) is 1.66. The van der Waals surface area contributed by atoms with Crippen LogP contribution in [0.1, 0.15) is 23.1 Å². The lowest BCUT2D eigenvalue weighted by Gasteiger charge is -2.22. The first kappa shape index (κ1) is 15.3. The SMILES string of the molecule is Cc1cc(C)c(C)c(OC(CC(=O)O)C(F)(F)F)c1. The van der Waals surface area contributed by atoms with Gasteiger partial charge >= 0.3 is 12.1 Å². The van der Waals surface area contributed by atoms with Crippen molar-refractivity contribution in [3.63, 3.8) is 0 Å². The molecule has 0 radical (unpaired) electrons. The Labute approximate surface area is 109 Å². The second kappa shape index (κ2) is 5.50. The highest BCUT2D eigenvalue weighted by molar-refractivity contribution is 5.67. The van der Waals surface area contributed by atoms with Crippen LogP contribution in [0.4, 0.5) is 13.2 Å². The first-order chi connectivity index (χ1) is 8.61. The third-order valence-electron chi connectivity index (χ3n) is 2.76. The summed E-state index contributed by atoms with van der Waals surface area (Å²) >= 11 is 0. The van der Waals surface area contributed by atoms with E-state index in [1.807, 2.05) is 6.07 Å². The maximum Gasteiger partial charge on any atom is 0.426 e. The highest BCUT2D eigenvalue weighted by Crippen LogP contribution is 2.31. The molecule has 6 heteroatoms. The number of benzene rings is 1. The van der Waals surface area contributed by atoms with Crippen molar-refractivity contribution < 1.29 is 27.8 Å². The van der Waals surface area contributed by atoms with Gasteiger partial charge in [-0.3, -0.25) is 4.79 Å². The zero-order valence-electron chi connectivity index (χ0n) is 10.8. The largest absolute Gasteiger partial charge is 0.481 e. The van der Waals surface area contributed by atoms with Crippen molar-refractivity contribution in [2.75, 3.05) is 0 Å². The van der Waals surface area contributed by atoms with Gasteiger partial charge in [-0.1, -0.05) is 6.07 Å². The van der Waals surface area contributed by atoms with E-state index in [9.17, 15) is 18.0 Å². The summed E-state index contributed by atoms with van der Waals surface area (Å²) < 4.78 is 43.0. The molecule has 0 aliphatic heterocycles. The first-order valence-corrected chi connectivity index (χ1v) is 5.64. The fraction of sp³-hybridized carbons (Fsp3) is 0.462. The molecule has 0 aliphatic carbocycles. The first-order valence-electron chi connectivity index (χ1n) is 5.64. The zero-order chi connectivity index (χ0) is 14.8. The number of hydrogen-bond donors (Lipinski definition) is 1. The fourth-order valence-electron chi connectivity index (χ4n) is 1.66. The molecule has 0 fully saturated rings. The van der Waals surface area contributed by atoms with Crippen molar-refractivity contribution in [3.8, 4) is 5.75 Å². The quantitative estimate of drug-likeness (QED) is 0.916. The van der Waals surface area contributed by atoms with Crippen LogP contribution < -0.4 is 4.74 Å². The summed E-state index contributed by atoms with van der Waals surface area (Å²) in [6.45, 7) is 5.13. The molecule has 0 saturated carbocycles. The van der Waals surface area contributed by atoms with Gasteiger partial charge in [-0.25, -0.2) is 0 Å². The van der Waals surface area contributed by atoms with E-state index in [2.05, 4.69) is 0 Å². The lowest BCUT2D eigenvalue weighted by Crippen LogP contribution is -2.36. The van der Waals surface area contributed by atoms with Crippen molar-refractivity contribution in [1.29, 1.82) is 0 Å². The number of carbonyl (C=O) groups is 1. The summed E-state index contributed by atoms with van der Waals surface area (Å²) in [4.78, 5) is 10.5. The van der Waals surface area contributed by atoms with Crippen LogP contribution in [-0.4, -0.2) is 23.4 Å². The van der Waals surface area contributed by atoms with Crippen LogP contribution in [-0.2, 0) is 4.79 Å². The number of ether oxygens (including phenoxy) is 1. The molecule has 0 spiro atoms. The number of hydrogen-bond acceptors (Lipinski definition) is 2. The molecule has 106 valence electrons. The molecule has 0 aromatic heterocycles. The molecule has 0 saturated heterocycles. The molecule has 3 nitrogen and oxygen atoms in total. The van der Waals surface area contributed by atoms with Crippen molar-refractivity contribution in [2.24, 2.45) is 0 Å². The van der Waals surface area contributed by atoms with Gasteiger partial charge in [0.1, 0.15) is 5.75 Å². The predicted octanol–water partition coefficient (Wildman–Crippen LogP) is 3.40. The van der Waals surface area contributed by atoms with E-state index in [1.54, 1.807) is 20.8 Å². The minimum absolute atomic E-state index is 0.0704.